The Morgan fingerprint density at radius 3 is 2.63 bits per heavy atom. The molecule has 1 aliphatic carbocycles. The van der Waals surface area contributed by atoms with E-state index >= 15 is 0 Å². The van der Waals surface area contributed by atoms with Crippen LogP contribution in [0.2, 0.25) is 0 Å². The number of aryl methyl sites for hydroxylation is 1. The van der Waals surface area contributed by atoms with Gasteiger partial charge in [-0.2, -0.15) is 22.7 Å². The van der Waals surface area contributed by atoms with Gasteiger partial charge in [0.25, 0.3) is 0 Å². The molecule has 3 aromatic rings. The summed E-state index contributed by atoms with van der Waals surface area (Å²) in [6, 6.07) is 6.37. The summed E-state index contributed by atoms with van der Waals surface area (Å²) < 4.78 is 70.0. The van der Waals surface area contributed by atoms with Crippen LogP contribution in [0.3, 0.4) is 0 Å². The van der Waals surface area contributed by atoms with Crippen LogP contribution in [0.5, 0.6) is 0 Å². The maximum absolute atomic E-state index is 13.7. The Bertz CT molecular complexity index is 1390. The number of rotatable bonds is 6. The number of fused-ring (bicyclic) bond motifs is 1. The zero-order valence-corrected chi connectivity index (χ0v) is 19.9. The molecule has 12 heteroatoms. The number of nitriles is 1. The first-order valence-electron chi connectivity index (χ1n) is 11.2. The SMILES string of the molecule is Cc1ccc(S(=O)(=O)N(CCC#N)C2CCCCC2)cc1-c1cnc2c(N)nc(C(F)(F)F)cn12. The average molecular weight is 507 g/mol. The van der Waals surface area contributed by atoms with Crippen molar-refractivity contribution in [2.45, 2.75) is 62.6 Å². The van der Waals surface area contributed by atoms with Crippen molar-refractivity contribution in [1.82, 2.24) is 18.7 Å². The Labute approximate surface area is 201 Å². The number of nitrogens with zero attached hydrogens (tertiary/aromatic N) is 5. The Hall–Kier alpha value is -3.17. The lowest BCUT2D eigenvalue weighted by Crippen LogP contribution is -2.42. The Balaban J connectivity index is 1.82. The summed E-state index contributed by atoms with van der Waals surface area (Å²) in [7, 11) is -3.96. The van der Waals surface area contributed by atoms with Crippen molar-refractivity contribution in [1.29, 1.82) is 5.26 Å². The van der Waals surface area contributed by atoms with Crippen LogP contribution < -0.4 is 5.73 Å². The van der Waals surface area contributed by atoms with Gasteiger partial charge in [0.1, 0.15) is 0 Å². The van der Waals surface area contributed by atoms with E-state index in [0.717, 1.165) is 38.3 Å². The first-order valence-corrected chi connectivity index (χ1v) is 12.7. The highest BCUT2D eigenvalue weighted by atomic mass is 32.2. The molecule has 2 aromatic heterocycles. The zero-order chi connectivity index (χ0) is 25.4. The zero-order valence-electron chi connectivity index (χ0n) is 19.1. The fourth-order valence-corrected chi connectivity index (χ4v) is 6.26. The van der Waals surface area contributed by atoms with E-state index in [1.54, 1.807) is 13.0 Å². The second-order valence-electron chi connectivity index (χ2n) is 8.64. The first-order chi connectivity index (χ1) is 16.5. The van der Waals surface area contributed by atoms with Crippen molar-refractivity contribution in [2.24, 2.45) is 0 Å². The van der Waals surface area contributed by atoms with Crippen LogP contribution in [0.4, 0.5) is 19.0 Å². The number of anilines is 1. The smallest absolute Gasteiger partial charge is 0.381 e. The molecule has 0 spiro atoms. The molecular formula is C23H25F3N6O2S. The summed E-state index contributed by atoms with van der Waals surface area (Å²) in [5.74, 6) is -0.382. The molecule has 1 saturated carbocycles. The van der Waals surface area contributed by atoms with Gasteiger partial charge in [0, 0.05) is 30.8 Å². The highest BCUT2D eigenvalue weighted by Crippen LogP contribution is 2.34. The summed E-state index contributed by atoms with van der Waals surface area (Å²) in [5.41, 5.74) is 5.90. The molecule has 1 fully saturated rings. The first kappa shape index (κ1) is 24.9. The van der Waals surface area contributed by atoms with Gasteiger partial charge in [0.15, 0.2) is 17.2 Å². The molecule has 2 heterocycles. The van der Waals surface area contributed by atoms with Crippen LogP contribution in [0.1, 0.15) is 49.8 Å². The topological polar surface area (TPSA) is 117 Å². The normalized spacial score (nSPS) is 15.5. The van der Waals surface area contributed by atoms with Crippen molar-refractivity contribution in [2.75, 3.05) is 12.3 Å². The molecule has 0 atom stereocenters. The van der Waals surface area contributed by atoms with E-state index in [1.165, 1.54) is 27.0 Å². The number of imidazole rings is 1. The Morgan fingerprint density at radius 1 is 1.26 bits per heavy atom. The van der Waals surface area contributed by atoms with Gasteiger partial charge in [-0.3, -0.25) is 4.40 Å². The minimum atomic E-state index is -4.72. The van der Waals surface area contributed by atoms with E-state index < -0.39 is 21.9 Å². The number of halogens is 3. The van der Waals surface area contributed by atoms with Gasteiger partial charge in [0.05, 0.1) is 22.9 Å². The third kappa shape index (κ3) is 4.83. The van der Waals surface area contributed by atoms with E-state index in [9.17, 15) is 21.6 Å². The number of nitrogen functional groups attached to an aromatic ring is 1. The van der Waals surface area contributed by atoms with Gasteiger partial charge < -0.3 is 5.73 Å². The van der Waals surface area contributed by atoms with Crippen molar-refractivity contribution in [3.63, 3.8) is 0 Å². The third-order valence-electron chi connectivity index (χ3n) is 6.33. The lowest BCUT2D eigenvalue weighted by molar-refractivity contribution is -0.141. The van der Waals surface area contributed by atoms with Crippen molar-refractivity contribution >= 4 is 21.5 Å². The van der Waals surface area contributed by atoms with Crippen LogP contribution in [0.25, 0.3) is 16.9 Å². The molecule has 1 aliphatic rings. The Morgan fingerprint density at radius 2 is 1.97 bits per heavy atom. The summed E-state index contributed by atoms with van der Waals surface area (Å²) in [4.78, 5) is 7.52. The molecule has 0 amide bonds. The molecular weight excluding hydrogens is 481 g/mol. The van der Waals surface area contributed by atoms with Crippen molar-refractivity contribution in [3.8, 4) is 17.3 Å². The maximum Gasteiger partial charge on any atom is 0.434 e. The van der Waals surface area contributed by atoms with Crippen molar-refractivity contribution < 1.29 is 21.6 Å². The van der Waals surface area contributed by atoms with E-state index in [2.05, 4.69) is 9.97 Å². The third-order valence-corrected chi connectivity index (χ3v) is 8.27. The fraction of sp³-hybridized carbons (Fsp3) is 0.435. The average Bonchev–Trinajstić information content (AvgIpc) is 3.24. The lowest BCUT2D eigenvalue weighted by atomic mass is 9.95. The standard InChI is InChI=1S/C23H25F3N6O2S/c1-15-8-9-17(35(33,34)32(11-5-10-27)16-6-3-2-4-7-16)12-18(15)19-13-29-22-21(28)30-20(14-31(19)22)23(24,25)26/h8-9,12-14,16H,2-7,11H2,1H3,(H2,28,30). The molecule has 35 heavy (non-hydrogen) atoms. The van der Waals surface area contributed by atoms with Gasteiger partial charge in [-0.25, -0.2) is 18.4 Å². The Kier molecular flexibility index (Phi) is 6.75. The second-order valence-corrected chi connectivity index (χ2v) is 10.5. The molecule has 8 nitrogen and oxygen atoms in total. The van der Waals surface area contributed by atoms with E-state index in [0.29, 0.717) is 11.1 Å². The molecule has 0 radical (unpaired) electrons. The highest BCUT2D eigenvalue weighted by molar-refractivity contribution is 7.89. The van der Waals surface area contributed by atoms with Gasteiger partial charge in [-0.05, 0) is 37.5 Å². The fourth-order valence-electron chi connectivity index (χ4n) is 4.55. The summed E-state index contributed by atoms with van der Waals surface area (Å²) >= 11 is 0. The number of sulfonamides is 1. The molecule has 0 aliphatic heterocycles. The molecule has 186 valence electrons. The maximum atomic E-state index is 13.7. The number of nitrogens with two attached hydrogens (primary N) is 1. The number of alkyl halides is 3. The number of hydrogen-bond acceptors (Lipinski definition) is 6. The largest absolute Gasteiger partial charge is 0.434 e. The van der Waals surface area contributed by atoms with Gasteiger partial charge in [-0.1, -0.05) is 25.3 Å². The van der Waals surface area contributed by atoms with Crippen LogP contribution in [0, 0.1) is 18.3 Å². The lowest BCUT2D eigenvalue weighted by Gasteiger charge is -2.33. The monoisotopic (exact) mass is 506 g/mol. The predicted molar refractivity (Wildman–Crippen MR) is 124 cm³/mol. The summed E-state index contributed by atoms with van der Waals surface area (Å²) in [5, 5.41) is 9.08. The number of hydrogen-bond donors (Lipinski definition) is 1. The summed E-state index contributed by atoms with van der Waals surface area (Å²) in [6.07, 6.45) is 1.83. The van der Waals surface area contributed by atoms with Gasteiger partial charge in [-0.15, -0.1) is 0 Å². The van der Waals surface area contributed by atoms with E-state index in [-0.39, 0.29) is 41.1 Å². The van der Waals surface area contributed by atoms with Gasteiger partial charge >= 0.3 is 6.18 Å². The summed E-state index contributed by atoms with van der Waals surface area (Å²) in [6.45, 7) is 1.81. The van der Waals surface area contributed by atoms with E-state index in [4.69, 9.17) is 11.0 Å². The van der Waals surface area contributed by atoms with Crippen LogP contribution in [0.15, 0.2) is 35.5 Å². The van der Waals surface area contributed by atoms with Crippen molar-refractivity contribution in [3.05, 3.63) is 41.9 Å². The molecule has 0 saturated heterocycles. The molecule has 2 N–H and O–H groups in total. The second kappa shape index (κ2) is 9.47. The van der Waals surface area contributed by atoms with E-state index in [1.807, 2.05) is 6.07 Å². The predicted octanol–water partition coefficient (Wildman–Crippen LogP) is 4.54. The van der Waals surface area contributed by atoms with Gasteiger partial charge in [0.2, 0.25) is 10.0 Å². The molecule has 0 unspecified atom stereocenters. The number of aromatic nitrogens is 3. The van der Waals surface area contributed by atoms with Crippen LogP contribution >= 0.6 is 0 Å². The van der Waals surface area contributed by atoms with Crippen LogP contribution in [-0.2, 0) is 16.2 Å². The number of benzene rings is 1. The quantitative estimate of drug-likeness (QED) is 0.524. The highest BCUT2D eigenvalue weighted by Gasteiger charge is 2.35. The molecule has 0 bridgehead atoms. The minimum Gasteiger partial charge on any atom is -0.381 e. The van der Waals surface area contributed by atoms with Crippen LogP contribution in [-0.4, -0.2) is 39.7 Å². The minimum absolute atomic E-state index is 0.00892. The molecule has 1 aromatic carbocycles. The molecule has 4 rings (SSSR count).